The van der Waals surface area contributed by atoms with Gasteiger partial charge in [0.1, 0.15) is 13.2 Å². The highest BCUT2D eigenvalue weighted by atomic mass is 32.1. The van der Waals surface area contributed by atoms with E-state index in [1.807, 2.05) is 30.3 Å². The molecule has 4 nitrogen and oxygen atoms in total. The smallest absolute Gasteiger partial charge is 0.339 e. The van der Waals surface area contributed by atoms with Crippen LogP contribution in [0.3, 0.4) is 0 Å². The molecule has 1 aromatic heterocycles. The molecule has 0 atom stereocenters. The molecule has 0 saturated heterocycles. The molecule has 0 unspecified atom stereocenters. The minimum atomic E-state index is -0.888. The van der Waals surface area contributed by atoms with E-state index in [1.165, 1.54) is 11.3 Å². The molecule has 0 aliphatic rings. The number of esters is 2. The number of thiophene rings is 1. The van der Waals surface area contributed by atoms with E-state index in [-0.39, 0.29) is 13.2 Å². The lowest BCUT2D eigenvalue weighted by Crippen LogP contribution is -2.32. The lowest BCUT2D eigenvalue weighted by atomic mass is 9.95. The van der Waals surface area contributed by atoms with Crippen molar-refractivity contribution >= 4 is 23.3 Å². The van der Waals surface area contributed by atoms with Gasteiger partial charge in [-0.05, 0) is 30.9 Å². The van der Waals surface area contributed by atoms with Gasteiger partial charge in [0.25, 0.3) is 0 Å². The lowest BCUT2D eigenvalue weighted by molar-refractivity contribution is -0.157. The van der Waals surface area contributed by atoms with Crippen molar-refractivity contribution in [3.8, 4) is 0 Å². The SMILES string of the molecule is CC(C)(COC(=O)c1ccsc1)C(=O)OCc1ccccc1. The minimum absolute atomic E-state index is 0.0185. The van der Waals surface area contributed by atoms with Gasteiger partial charge in [-0.2, -0.15) is 11.3 Å². The maximum Gasteiger partial charge on any atom is 0.339 e. The Morgan fingerprint density at radius 2 is 1.82 bits per heavy atom. The third-order valence-electron chi connectivity index (χ3n) is 3.09. The summed E-state index contributed by atoms with van der Waals surface area (Å²) < 4.78 is 10.5. The Morgan fingerprint density at radius 3 is 2.45 bits per heavy atom. The maximum atomic E-state index is 12.1. The van der Waals surface area contributed by atoms with E-state index in [9.17, 15) is 9.59 Å². The average molecular weight is 318 g/mol. The van der Waals surface area contributed by atoms with Crippen LogP contribution in [-0.4, -0.2) is 18.5 Å². The predicted molar refractivity (Wildman–Crippen MR) is 84.6 cm³/mol. The molecule has 0 N–H and O–H groups in total. The number of carbonyl (C=O) groups excluding carboxylic acids is 2. The molecule has 0 spiro atoms. The standard InChI is InChI=1S/C17H18O4S/c1-17(2,12-21-15(18)14-8-9-22-11-14)16(19)20-10-13-6-4-3-5-7-13/h3-9,11H,10,12H2,1-2H3. The number of benzene rings is 1. The fraction of sp³-hybridized carbons (Fsp3) is 0.294. The van der Waals surface area contributed by atoms with Crippen LogP contribution in [-0.2, 0) is 20.9 Å². The van der Waals surface area contributed by atoms with Gasteiger partial charge in [0, 0.05) is 5.38 Å². The first kappa shape index (κ1) is 16.2. The van der Waals surface area contributed by atoms with Crippen LogP contribution in [0, 0.1) is 5.41 Å². The van der Waals surface area contributed by atoms with E-state index in [4.69, 9.17) is 9.47 Å². The monoisotopic (exact) mass is 318 g/mol. The molecule has 5 heteroatoms. The van der Waals surface area contributed by atoms with Crippen molar-refractivity contribution in [3.63, 3.8) is 0 Å². The van der Waals surface area contributed by atoms with E-state index in [1.54, 1.807) is 30.7 Å². The van der Waals surface area contributed by atoms with Gasteiger partial charge in [0.05, 0.1) is 11.0 Å². The first-order valence-electron chi connectivity index (χ1n) is 6.89. The number of ether oxygens (including phenoxy) is 2. The average Bonchev–Trinajstić information content (AvgIpc) is 3.05. The van der Waals surface area contributed by atoms with Crippen molar-refractivity contribution in [1.82, 2.24) is 0 Å². The van der Waals surface area contributed by atoms with Gasteiger partial charge >= 0.3 is 11.9 Å². The molecule has 2 rings (SSSR count). The summed E-state index contributed by atoms with van der Waals surface area (Å²) in [6.45, 7) is 3.58. The molecule has 0 saturated carbocycles. The highest BCUT2D eigenvalue weighted by Crippen LogP contribution is 2.20. The maximum absolute atomic E-state index is 12.1. The van der Waals surface area contributed by atoms with Crippen molar-refractivity contribution in [3.05, 3.63) is 58.3 Å². The molecule has 22 heavy (non-hydrogen) atoms. The van der Waals surface area contributed by atoms with Gasteiger partial charge in [0.15, 0.2) is 0 Å². The zero-order valence-electron chi connectivity index (χ0n) is 12.6. The Balaban J connectivity index is 1.83. The molecule has 0 amide bonds. The van der Waals surface area contributed by atoms with Crippen molar-refractivity contribution in [1.29, 1.82) is 0 Å². The minimum Gasteiger partial charge on any atom is -0.461 e. The van der Waals surface area contributed by atoms with Crippen molar-refractivity contribution < 1.29 is 19.1 Å². The Morgan fingerprint density at radius 1 is 1.09 bits per heavy atom. The summed E-state index contributed by atoms with van der Waals surface area (Å²) in [6, 6.07) is 11.1. The molecule has 0 bridgehead atoms. The van der Waals surface area contributed by atoms with E-state index >= 15 is 0 Å². The van der Waals surface area contributed by atoms with Gasteiger partial charge in [-0.15, -0.1) is 0 Å². The second-order valence-corrected chi connectivity index (χ2v) is 6.31. The summed E-state index contributed by atoms with van der Waals surface area (Å²) in [5.41, 5.74) is 0.529. The molecule has 1 heterocycles. The fourth-order valence-electron chi connectivity index (χ4n) is 1.69. The highest BCUT2D eigenvalue weighted by Gasteiger charge is 2.31. The van der Waals surface area contributed by atoms with Crippen LogP contribution in [0.2, 0.25) is 0 Å². The largest absolute Gasteiger partial charge is 0.461 e. The second kappa shape index (κ2) is 7.22. The molecule has 0 radical (unpaired) electrons. The zero-order valence-corrected chi connectivity index (χ0v) is 13.4. The van der Waals surface area contributed by atoms with Crippen molar-refractivity contribution in [2.24, 2.45) is 5.41 Å². The molecule has 0 aliphatic heterocycles. The molecule has 1 aromatic carbocycles. The fourth-order valence-corrected chi connectivity index (χ4v) is 2.31. The van der Waals surface area contributed by atoms with Gasteiger partial charge in [-0.25, -0.2) is 4.79 Å². The Hall–Kier alpha value is -2.14. The quantitative estimate of drug-likeness (QED) is 0.763. The predicted octanol–water partition coefficient (Wildman–Crippen LogP) is 3.67. The van der Waals surface area contributed by atoms with Crippen LogP contribution in [0.15, 0.2) is 47.2 Å². The molecule has 0 fully saturated rings. The van der Waals surface area contributed by atoms with Crippen molar-refractivity contribution in [2.75, 3.05) is 6.61 Å². The summed E-state index contributed by atoms with van der Waals surface area (Å²) in [7, 11) is 0. The van der Waals surface area contributed by atoms with Crippen LogP contribution >= 0.6 is 11.3 Å². The Bertz CT molecular complexity index is 617. The van der Waals surface area contributed by atoms with Gasteiger partial charge < -0.3 is 9.47 Å². The molecule has 2 aromatic rings. The normalized spacial score (nSPS) is 11.0. The number of hydrogen-bond acceptors (Lipinski definition) is 5. The summed E-state index contributed by atoms with van der Waals surface area (Å²) in [4.78, 5) is 23.9. The topological polar surface area (TPSA) is 52.6 Å². The van der Waals surface area contributed by atoms with E-state index in [2.05, 4.69) is 0 Å². The van der Waals surface area contributed by atoms with E-state index < -0.39 is 17.4 Å². The second-order valence-electron chi connectivity index (χ2n) is 5.53. The third kappa shape index (κ3) is 4.43. The summed E-state index contributed by atoms with van der Waals surface area (Å²) in [5, 5.41) is 3.51. The van der Waals surface area contributed by atoms with Crippen LogP contribution in [0.4, 0.5) is 0 Å². The van der Waals surface area contributed by atoms with Gasteiger partial charge in [-0.3, -0.25) is 4.79 Å². The Labute approximate surface area is 133 Å². The van der Waals surface area contributed by atoms with Crippen LogP contribution in [0.5, 0.6) is 0 Å². The summed E-state index contributed by atoms with van der Waals surface area (Å²) in [5.74, 6) is -0.820. The number of rotatable bonds is 6. The third-order valence-corrected chi connectivity index (χ3v) is 3.77. The van der Waals surface area contributed by atoms with Crippen LogP contribution < -0.4 is 0 Å². The molecular formula is C17H18O4S. The van der Waals surface area contributed by atoms with Gasteiger partial charge in [0.2, 0.25) is 0 Å². The zero-order chi connectivity index (χ0) is 16.0. The first-order chi connectivity index (χ1) is 10.5. The van der Waals surface area contributed by atoms with Gasteiger partial charge in [-0.1, -0.05) is 30.3 Å². The first-order valence-corrected chi connectivity index (χ1v) is 7.84. The lowest BCUT2D eigenvalue weighted by Gasteiger charge is -2.22. The highest BCUT2D eigenvalue weighted by molar-refractivity contribution is 7.08. The Kier molecular flexibility index (Phi) is 5.33. The van der Waals surface area contributed by atoms with E-state index in [0.29, 0.717) is 5.56 Å². The van der Waals surface area contributed by atoms with Crippen molar-refractivity contribution in [2.45, 2.75) is 20.5 Å². The molecule has 0 aliphatic carbocycles. The summed E-state index contributed by atoms with van der Waals surface area (Å²) in [6.07, 6.45) is 0. The number of hydrogen-bond donors (Lipinski definition) is 0. The molecular weight excluding hydrogens is 300 g/mol. The number of carbonyl (C=O) groups is 2. The van der Waals surface area contributed by atoms with Crippen LogP contribution in [0.25, 0.3) is 0 Å². The van der Waals surface area contributed by atoms with E-state index in [0.717, 1.165) is 5.56 Å². The summed E-state index contributed by atoms with van der Waals surface area (Å²) >= 11 is 1.42. The van der Waals surface area contributed by atoms with Crippen LogP contribution in [0.1, 0.15) is 29.8 Å². The molecule has 116 valence electrons.